The number of hydrogen-bond donors (Lipinski definition) is 2. The van der Waals surface area contributed by atoms with E-state index in [1.165, 1.54) is 4.90 Å². The Morgan fingerprint density at radius 3 is 2.70 bits per heavy atom. The van der Waals surface area contributed by atoms with Crippen LogP contribution in [0.3, 0.4) is 0 Å². The van der Waals surface area contributed by atoms with Crippen LogP contribution in [0.2, 0.25) is 0 Å². The molecule has 0 aromatic heterocycles. The molecule has 0 atom stereocenters. The van der Waals surface area contributed by atoms with Gasteiger partial charge in [0, 0.05) is 17.3 Å². The lowest BCUT2D eigenvalue weighted by Crippen LogP contribution is -2.42. The smallest absolute Gasteiger partial charge is 0.254 e. The van der Waals surface area contributed by atoms with Crippen molar-refractivity contribution in [2.45, 2.75) is 26.3 Å². The van der Waals surface area contributed by atoms with Gasteiger partial charge in [-0.1, -0.05) is 6.07 Å². The number of nitrogens with one attached hydrogen (secondary N) is 1. The van der Waals surface area contributed by atoms with Crippen molar-refractivity contribution in [1.29, 1.82) is 0 Å². The van der Waals surface area contributed by atoms with E-state index in [0.29, 0.717) is 17.7 Å². The molecule has 1 aromatic carbocycles. The first-order valence-electron chi connectivity index (χ1n) is 6.40. The van der Waals surface area contributed by atoms with Gasteiger partial charge in [-0.2, -0.15) is 0 Å². The zero-order chi connectivity index (χ0) is 14.9. The van der Waals surface area contributed by atoms with E-state index in [1.54, 1.807) is 18.2 Å². The maximum Gasteiger partial charge on any atom is 0.254 e. The molecule has 6 nitrogen and oxygen atoms in total. The molecule has 3 N–H and O–H groups in total. The molecule has 0 aliphatic carbocycles. The Balaban J connectivity index is 2.26. The van der Waals surface area contributed by atoms with Crippen molar-refractivity contribution in [3.63, 3.8) is 0 Å². The first-order valence-corrected chi connectivity index (χ1v) is 6.40. The molecular weight excluding hydrogens is 258 g/mol. The normalized spacial score (nSPS) is 13.1. The van der Waals surface area contributed by atoms with E-state index in [1.807, 2.05) is 13.8 Å². The van der Waals surface area contributed by atoms with Gasteiger partial charge in [0.15, 0.2) is 0 Å². The monoisotopic (exact) mass is 275 g/mol. The van der Waals surface area contributed by atoms with Gasteiger partial charge >= 0.3 is 0 Å². The number of benzene rings is 1. The Morgan fingerprint density at radius 1 is 1.40 bits per heavy atom. The highest BCUT2D eigenvalue weighted by Crippen LogP contribution is 2.24. The van der Waals surface area contributed by atoms with Crippen molar-refractivity contribution in [3.05, 3.63) is 29.3 Å². The summed E-state index contributed by atoms with van der Waals surface area (Å²) < 4.78 is 0. The average molecular weight is 275 g/mol. The number of rotatable bonds is 4. The highest BCUT2D eigenvalue weighted by molar-refractivity contribution is 6.02. The summed E-state index contributed by atoms with van der Waals surface area (Å²) in [4.78, 5) is 36.2. The van der Waals surface area contributed by atoms with Crippen LogP contribution in [0.5, 0.6) is 0 Å². The Labute approximate surface area is 116 Å². The van der Waals surface area contributed by atoms with Crippen molar-refractivity contribution in [2.75, 3.05) is 11.9 Å². The Morgan fingerprint density at radius 2 is 2.10 bits per heavy atom. The minimum Gasteiger partial charge on any atom is -0.368 e. The first kappa shape index (κ1) is 14.0. The fourth-order valence-electron chi connectivity index (χ4n) is 2.17. The summed E-state index contributed by atoms with van der Waals surface area (Å²) in [5.41, 5.74) is 7.13. The minimum absolute atomic E-state index is 0.0811. The Bertz CT molecular complexity index is 581. The van der Waals surface area contributed by atoms with E-state index < -0.39 is 5.91 Å². The number of carbonyl (C=O) groups excluding carboxylic acids is 3. The van der Waals surface area contributed by atoms with Crippen LogP contribution < -0.4 is 11.1 Å². The minimum atomic E-state index is -0.554. The highest BCUT2D eigenvalue weighted by Gasteiger charge is 2.23. The van der Waals surface area contributed by atoms with Gasteiger partial charge in [0.05, 0.1) is 13.0 Å². The molecule has 1 aliphatic heterocycles. The lowest BCUT2D eigenvalue weighted by Gasteiger charge is -2.25. The van der Waals surface area contributed by atoms with E-state index in [0.717, 1.165) is 5.56 Å². The Kier molecular flexibility index (Phi) is 3.74. The average Bonchev–Trinajstić information content (AvgIpc) is 2.73. The SMILES string of the molecule is CC(C)N(CC(N)=O)C(=O)c1ccc2c(c1)NC(=O)C2. The number of nitrogens with two attached hydrogens (primary N) is 1. The number of primary amides is 1. The van der Waals surface area contributed by atoms with Crippen LogP contribution >= 0.6 is 0 Å². The maximum absolute atomic E-state index is 12.4. The van der Waals surface area contributed by atoms with Gasteiger partial charge in [0.1, 0.15) is 0 Å². The summed E-state index contributed by atoms with van der Waals surface area (Å²) in [5.74, 6) is -0.910. The van der Waals surface area contributed by atoms with Crippen LogP contribution in [0.1, 0.15) is 29.8 Å². The maximum atomic E-state index is 12.4. The van der Waals surface area contributed by atoms with Crippen molar-refractivity contribution in [2.24, 2.45) is 5.73 Å². The van der Waals surface area contributed by atoms with Gasteiger partial charge in [-0.3, -0.25) is 14.4 Å². The zero-order valence-corrected chi connectivity index (χ0v) is 11.5. The fraction of sp³-hybridized carbons (Fsp3) is 0.357. The molecule has 0 fully saturated rings. The molecule has 0 bridgehead atoms. The number of fused-ring (bicyclic) bond motifs is 1. The lowest BCUT2D eigenvalue weighted by atomic mass is 10.1. The molecule has 6 heteroatoms. The molecule has 0 saturated carbocycles. The summed E-state index contributed by atoms with van der Waals surface area (Å²) in [6.07, 6.45) is 0.332. The molecule has 1 aromatic rings. The van der Waals surface area contributed by atoms with Crippen LogP contribution in [0.25, 0.3) is 0 Å². The third-order valence-electron chi connectivity index (χ3n) is 3.19. The largest absolute Gasteiger partial charge is 0.368 e. The molecule has 3 amide bonds. The standard InChI is InChI=1S/C14H17N3O3/c1-8(2)17(7-12(15)18)14(20)10-4-3-9-6-13(19)16-11(9)5-10/h3-5,8H,6-7H2,1-2H3,(H2,15,18)(H,16,19). The fourth-order valence-corrected chi connectivity index (χ4v) is 2.17. The summed E-state index contributed by atoms with van der Waals surface area (Å²) in [7, 11) is 0. The molecule has 106 valence electrons. The number of nitrogens with zero attached hydrogens (tertiary/aromatic N) is 1. The summed E-state index contributed by atoms with van der Waals surface area (Å²) in [5, 5.41) is 2.70. The number of carbonyl (C=O) groups is 3. The molecule has 1 heterocycles. The van der Waals surface area contributed by atoms with E-state index >= 15 is 0 Å². The second kappa shape index (κ2) is 5.32. The van der Waals surface area contributed by atoms with Gasteiger partial charge in [0.25, 0.3) is 5.91 Å². The molecule has 2 rings (SSSR count). The molecule has 0 spiro atoms. The van der Waals surface area contributed by atoms with E-state index in [4.69, 9.17) is 5.73 Å². The van der Waals surface area contributed by atoms with Crippen molar-refractivity contribution in [1.82, 2.24) is 4.90 Å². The van der Waals surface area contributed by atoms with Crippen LogP contribution in [-0.4, -0.2) is 35.2 Å². The van der Waals surface area contributed by atoms with Crippen molar-refractivity contribution < 1.29 is 14.4 Å². The molecular formula is C14H17N3O3. The molecule has 0 unspecified atom stereocenters. The van der Waals surface area contributed by atoms with Gasteiger partial charge in [-0.05, 0) is 31.5 Å². The van der Waals surface area contributed by atoms with Crippen LogP contribution in [0, 0.1) is 0 Å². The molecule has 0 saturated heterocycles. The van der Waals surface area contributed by atoms with Gasteiger partial charge in [-0.25, -0.2) is 0 Å². The van der Waals surface area contributed by atoms with E-state index in [2.05, 4.69) is 5.32 Å². The highest BCUT2D eigenvalue weighted by atomic mass is 16.2. The lowest BCUT2D eigenvalue weighted by molar-refractivity contribution is -0.119. The topological polar surface area (TPSA) is 92.5 Å². The van der Waals surface area contributed by atoms with Crippen LogP contribution in [0.4, 0.5) is 5.69 Å². The van der Waals surface area contributed by atoms with Gasteiger partial charge in [0.2, 0.25) is 11.8 Å². The van der Waals surface area contributed by atoms with E-state index in [9.17, 15) is 14.4 Å². The first-order chi connectivity index (χ1) is 9.38. The van der Waals surface area contributed by atoms with Crippen molar-refractivity contribution in [3.8, 4) is 0 Å². The van der Waals surface area contributed by atoms with Gasteiger partial charge in [-0.15, -0.1) is 0 Å². The summed E-state index contributed by atoms with van der Waals surface area (Å²) in [6, 6.07) is 4.91. The second-order valence-electron chi connectivity index (χ2n) is 5.09. The van der Waals surface area contributed by atoms with Crippen molar-refractivity contribution >= 4 is 23.4 Å². The van der Waals surface area contributed by atoms with E-state index in [-0.39, 0.29) is 24.4 Å². The zero-order valence-electron chi connectivity index (χ0n) is 11.5. The van der Waals surface area contributed by atoms with Crippen LogP contribution in [0.15, 0.2) is 18.2 Å². The molecule has 20 heavy (non-hydrogen) atoms. The number of anilines is 1. The predicted molar refractivity (Wildman–Crippen MR) is 74.1 cm³/mol. The summed E-state index contributed by atoms with van der Waals surface area (Å²) >= 11 is 0. The summed E-state index contributed by atoms with van der Waals surface area (Å²) in [6.45, 7) is 3.51. The third kappa shape index (κ3) is 2.79. The van der Waals surface area contributed by atoms with Gasteiger partial charge < -0.3 is 16.0 Å². The second-order valence-corrected chi connectivity index (χ2v) is 5.09. The number of amides is 3. The quantitative estimate of drug-likeness (QED) is 0.838. The Hall–Kier alpha value is -2.37. The molecule has 0 radical (unpaired) electrons. The predicted octanol–water partition coefficient (Wildman–Crippen LogP) is 0.517. The third-order valence-corrected chi connectivity index (χ3v) is 3.19. The number of hydrogen-bond acceptors (Lipinski definition) is 3. The molecule has 1 aliphatic rings. The van der Waals surface area contributed by atoms with Crippen LogP contribution in [-0.2, 0) is 16.0 Å².